The maximum Gasteiger partial charge on any atom is 0.339 e. The summed E-state index contributed by atoms with van der Waals surface area (Å²) in [6.07, 6.45) is 0.646. The highest BCUT2D eigenvalue weighted by Crippen LogP contribution is 2.18. The third-order valence-electron chi connectivity index (χ3n) is 3.66. The summed E-state index contributed by atoms with van der Waals surface area (Å²) in [7, 11) is 1.30. The van der Waals surface area contributed by atoms with E-state index in [9.17, 15) is 9.59 Å². The van der Waals surface area contributed by atoms with Gasteiger partial charge in [0.2, 0.25) is 11.1 Å². The lowest BCUT2D eigenvalue weighted by Gasteiger charge is -2.08. The Kier molecular flexibility index (Phi) is 6.22. The van der Waals surface area contributed by atoms with Crippen LogP contribution in [0.3, 0.4) is 0 Å². The number of benzene rings is 2. The van der Waals surface area contributed by atoms with Crippen LogP contribution < -0.4 is 5.32 Å². The number of rotatable bonds is 7. The average molecular weight is 382 g/mol. The fourth-order valence-corrected chi connectivity index (χ4v) is 3.02. The van der Waals surface area contributed by atoms with Gasteiger partial charge in [-0.15, -0.1) is 5.10 Å². The molecule has 3 aromatic rings. The Hall–Kier alpha value is -3.13. The third kappa shape index (κ3) is 5.18. The van der Waals surface area contributed by atoms with Crippen molar-refractivity contribution in [1.29, 1.82) is 0 Å². The van der Waals surface area contributed by atoms with E-state index in [-0.39, 0.29) is 11.7 Å². The van der Waals surface area contributed by atoms with E-state index in [1.165, 1.54) is 18.9 Å². The number of anilines is 1. The van der Waals surface area contributed by atoms with Crippen LogP contribution in [-0.4, -0.2) is 39.9 Å². The SMILES string of the molecule is COC(=O)c1ccccc1NC(=O)CSc1n[nH]c(Cc2ccccc2)n1. The first-order valence-corrected chi connectivity index (χ1v) is 9.19. The summed E-state index contributed by atoms with van der Waals surface area (Å²) in [5.74, 6) is 0.0991. The van der Waals surface area contributed by atoms with Gasteiger partial charge in [-0.3, -0.25) is 9.89 Å². The lowest BCUT2D eigenvalue weighted by molar-refractivity contribution is -0.113. The third-order valence-corrected chi connectivity index (χ3v) is 4.51. The molecule has 8 heteroatoms. The van der Waals surface area contributed by atoms with Crippen molar-refractivity contribution in [2.24, 2.45) is 0 Å². The molecule has 0 aliphatic carbocycles. The van der Waals surface area contributed by atoms with E-state index >= 15 is 0 Å². The number of ether oxygens (including phenoxy) is 1. The van der Waals surface area contributed by atoms with E-state index in [0.717, 1.165) is 11.4 Å². The predicted molar refractivity (Wildman–Crippen MR) is 103 cm³/mol. The number of methoxy groups -OCH3 is 1. The summed E-state index contributed by atoms with van der Waals surface area (Å²) in [5, 5.41) is 10.2. The van der Waals surface area contributed by atoms with E-state index in [1.807, 2.05) is 30.3 Å². The van der Waals surface area contributed by atoms with Crippen LogP contribution in [0, 0.1) is 0 Å². The van der Waals surface area contributed by atoms with Gasteiger partial charge < -0.3 is 10.1 Å². The summed E-state index contributed by atoms with van der Waals surface area (Å²) in [6, 6.07) is 16.6. The first-order valence-electron chi connectivity index (χ1n) is 8.21. The first-order chi connectivity index (χ1) is 13.2. The second-order valence-electron chi connectivity index (χ2n) is 5.60. The van der Waals surface area contributed by atoms with Crippen molar-refractivity contribution >= 4 is 29.3 Å². The van der Waals surface area contributed by atoms with Crippen LogP contribution in [0.4, 0.5) is 5.69 Å². The van der Waals surface area contributed by atoms with Crippen LogP contribution in [-0.2, 0) is 16.0 Å². The molecule has 1 heterocycles. The Bertz CT molecular complexity index is 927. The Morgan fingerprint density at radius 1 is 1.11 bits per heavy atom. The number of aromatic amines is 1. The molecule has 0 aliphatic rings. The summed E-state index contributed by atoms with van der Waals surface area (Å²) in [4.78, 5) is 28.3. The molecular weight excluding hydrogens is 364 g/mol. The normalized spacial score (nSPS) is 10.4. The number of H-pyrrole nitrogens is 1. The number of carbonyl (C=O) groups excluding carboxylic acids is 2. The molecule has 0 bridgehead atoms. The highest BCUT2D eigenvalue weighted by molar-refractivity contribution is 7.99. The summed E-state index contributed by atoms with van der Waals surface area (Å²) in [5.41, 5.74) is 1.85. The standard InChI is InChI=1S/C19H18N4O3S/c1-26-18(25)14-9-5-6-10-15(14)20-17(24)12-27-19-21-16(22-23-19)11-13-7-3-2-4-8-13/h2-10H,11-12H2,1H3,(H,20,24)(H,21,22,23). The van der Waals surface area contributed by atoms with Gasteiger partial charge in [0.15, 0.2) is 0 Å². The minimum atomic E-state index is -0.502. The number of amides is 1. The van der Waals surface area contributed by atoms with Crippen molar-refractivity contribution in [2.75, 3.05) is 18.2 Å². The molecule has 0 spiro atoms. The largest absolute Gasteiger partial charge is 0.465 e. The number of hydrogen-bond acceptors (Lipinski definition) is 6. The monoisotopic (exact) mass is 382 g/mol. The lowest BCUT2D eigenvalue weighted by Crippen LogP contribution is -2.17. The molecule has 0 unspecified atom stereocenters. The molecule has 0 saturated heterocycles. The van der Waals surface area contributed by atoms with Crippen molar-refractivity contribution in [2.45, 2.75) is 11.6 Å². The number of thioether (sulfide) groups is 1. The number of nitrogens with zero attached hydrogens (tertiary/aromatic N) is 2. The molecule has 0 saturated carbocycles. The molecule has 2 N–H and O–H groups in total. The van der Waals surface area contributed by atoms with Gasteiger partial charge in [-0.1, -0.05) is 54.2 Å². The van der Waals surface area contributed by atoms with Crippen molar-refractivity contribution in [1.82, 2.24) is 15.2 Å². The lowest BCUT2D eigenvalue weighted by atomic mass is 10.1. The van der Waals surface area contributed by atoms with E-state index < -0.39 is 5.97 Å². The smallest absolute Gasteiger partial charge is 0.339 e. The number of para-hydroxylation sites is 1. The van der Waals surface area contributed by atoms with Crippen LogP contribution in [0.2, 0.25) is 0 Å². The second kappa shape index (κ2) is 9.00. The van der Waals surface area contributed by atoms with Crippen molar-refractivity contribution in [3.63, 3.8) is 0 Å². The molecular formula is C19H18N4O3S. The topological polar surface area (TPSA) is 97.0 Å². The zero-order chi connectivity index (χ0) is 19.1. The second-order valence-corrected chi connectivity index (χ2v) is 6.54. The molecule has 0 atom stereocenters. The molecule has 0 radical (unpaired) electrons. The highest BCUT2D eigenvalue weighted by atomic mass is 32.2. The van der Waals surface area contributed by atoms with Gasteiger partial charge in [-0.25, -0.2) is 9.78 Å². The maximum absolute atomic E-state index is 12.2. The number of esters is 1. The molecule has 1 amide bonds. The number of nitrogens with one attached hydrogen (secondary N) is 2. The minimum Gasteiger partial charge on any atom is -0.465 e. The number of hydrogen-bond donors (Lipinski definition) is 2. The van der Waals surface area contributed by atoms with Crippen LogP contribution in [0.5, 0.6) is 0 Å². The Morgan fingerprint density at radius 3 is 2.63 bits per heavy atom. The van der Waals surface area contributed by atoms with Gasteiger partial charge in [-0.05, 0) is 17.7 Å². The minimum absolute atomic E-state index is 0.123. The predicted octanol–water partition coefficient (Wildman–Crippen LogP) is 2.91. The summed E-state index contributed by atoms with van der Waals surface area (Å²) in [6.45, 7) is 0. The molecule has 27 heavy (non-hydrogen) atoms. The van der Waals surface area contributed by atoms with Crippen molar-refractivity contribution < 1.29 is 14.3 Å². The zero-order valence-corrected chi connectivity index (χ0v) is 15.5. The highest BCUT2D eigenvalue weighted by Gasteiger charge is 2.14. The fraction of sp³-hybridized carbons (Fsp3) is 0.158. The summed E-state index contributed by atoms with van der Waals surface area (Å²) < 4.78 is 4.72. The summed E-state index contributed by atoms with van der Waals surface area (Å²) >= 11 is 1.22. The van der Waals surface area contributed by atoms with Crippen molar-refractivity contribution in [3.05, 3.63) is 71.5 Å². The van der Waals surface area contributed by atoms with Gasteiger partial charge in [0, 0.05) is 6.42 Å². The van der Waals surface area contributed by atoms with Crippen LogP contribution in [0.15, 0.2) is 59.8 Å². The molecule has 0 aliphatic heterocycles. The van der Waals surface area contributed by atoms with Crippen LogP contribution >= 0.6 is 11.8 Å². The molecule has 138 valence electrons. The maximum atomic E-state index is 12.2. The Balaban J connectivity index is 1.55. The zero-order valence-electron chi connectivity index (χ0n) is 14.6. The molecule has 3 rings (SSSR count). The van der Waals surface area contributed by atoms with Crippen LogP contribution in [0.1, 0.15) is 21.7 Å². The Morgan fingerprint density at radius 2 is 1.85 bits per heavy atom. The number of carbonyl (C=O) groups is 2. The van der Waals surface area contributed by atoms with E-state index in [2.05, 4.69) is 20.5 Å². The first kappa shape index (κ1) is 18.7. The van der Waals surface area contributed by atoms with Gasteiger partial charge in [0.05, 0.1) is 24.1 Å². The van der Waals surface area contributed by atoms with Gasteiger partial charge in [0.25, 0.3) is 0 Å². The van der Waals surface area contributed by atoms with E-state index in [1.54, 1.807) is 24.3 Å². The fourth-order valence-electron chi connectivity index (χ4n) is 2.41. The van der Waals surface area contributed by atoms with E-state index in [0.29, 0.717) is 22.8 Å². The average Bonchev–Trinajstić information content (AvgIpc) is 3.14. The van der Waals surface area contributed by atoms with Gasteiger partial charge >= 0.3 is 5.97 Å². The quantitative estimate of drug-likeness (QED) is 0.482. The van der Waals surface area contributed by atoms with E-state index in [4.69, 9.17) is 4.74 Å². The van der Waals surface area contributed by atoms with Crippen LogP contribution in [0.25, 0.3) is 0 Å². The molecule has 1 aromatic heterocycles. The van der Waals surface area contributed by atoms with Gasteiger partial charge in [0.1, 0.15) is 5.82 Å². The number of aromatic nitrogens is 3. The molecule has 7 nitrogen and oxygen atoms in total. The van der Waals surface area contributed by atoms with Crippen molar-refractivity contribution in [3.8, 4) is 0 Å². The molecule has 2 aromatic carbocycles. The Labute approximate surface area is 160 Å². The molecule has 0 fully saturated rings. The van der Waals surface area contributed by atoms with Gasteiger partial charge in [-0.2, -0.15) is 0 Å².